The van der Waals surface area contributed by atoms with Gasteiger partial charge >= 0.3 is 6.18 Å². The van der Waals surface area contributed by atoms with Crippen molar-refractivity contribution < 1.29 is 17.9 Å². The molecule has 0 amide bonds. The predicted molar refractivity (Wildman–Crippen MR) is 116 cm³/mol. The Labute approximate surface area is 182 Å². The van der Waals surface area contributed by atoms with Crippen LogP contribution in [0.25, 0.3) is 16.9 Å². The molecule has 1 saturated heterocycles. The van der Waals surface area contributed by atoms with Crippen LogP contribution in [0.5, 0.6) is 0 Å². The van der Waals surface area contributed by atoms with Crippen LogP contribution in [0.3, 0.4) is 0 Å². The zero-order chi connectivity index (χ0) is 22.1. The number of imidazole rings is 1. The van der Waals surface area contributed by atoms with Crippen molar-refractivity contribution in [3.8, 4) is 11.3 Å². The fourth-order valence-electron chi connectivity index (χ4n) is 3.80. The second-order valence-electron chi connectivity index (χ2n) is 7.46. The van der Waals surface area contributed by atoms with Crippen molar-refractivity contribution in [1.82, 2.24) is 14.4 Å². The molecule has 1 aliphatic rings. The Kier molecular flexibility index (Phi) is 5.18. The average molecular weight is 439 g/mol. The van der Waals surface area contributed by atoms with E-state index in [0.29, 0.717) is 17.2 Å². The summed E-state index contributed by atoms with van der Waals surface area (Å²) in [6, 6.07) is 13.2. The number of fused-ring (bicyclic) bond motifs is 1. The summed E-state index contributed by atoms with van der Waals surface area (Å²) in [6.07, 6.45) is 0.699. The SMILES string of the molecule is FC(F)(F)c1cccc(Nc2nccn3c(-c4ccc(N5CCOCC5)cc4)cnc23)c1. The highest BCUT2D eigenvalue weighted by Gasteiger charge is 2.30. The first kappa shape index (κ1) is 20.3. The zero-order valence-corrected chi connectivity index (χ0v) is 17.0. The minimum absolute atomic E-state index is 0.292. The van der Waals surface area contributed by atoms with Gasteiger partial charge in [0.2, 0.25) is 0 Å². The quantitative estimate of drug-likeness (QED) is 0.485. The lowest BCUT2D eigenvalue weighted by molar-refractivity contribution is -0.137. The summed E-state index contributed by atoms with van der Waals surface area (Å²) in [6.45, 7) is 3.18. The number of nitrogens with zero attached hydrogens (tertiary/aromatic N) is 4. The molecule has 6 nitrogen and oxygen atoms in total. The van der Waals surface area contributed by atoms with Crippen molar-refractivity contribution in [2.45, 2.75) is 6.18 Å². The van der Waals surface area contributed by atoms with Crippen molar-refractivity contribution in [2.75, 3.05) is 36.5 Å². The number of hydrogen-bond donors (Lipinski definition) is 1. The van der Waals surface area contributed by atoms with E-state index in [2.05, 4.69) is 32.3 Å². The van der Waals surface area contributed by atoms with E-state index < -0.39 is 11.7 Å². The molecular weight excluding hydrogens is 419 g/mol. The van der Waals surface area contributed by atoms with Crippen molar-refractivity contribution in [2.24, 2.45) is 0 Å². The van der Waals surface area contributed by atoms with Crippen LogP contribution in [0, 0.1) is 0 Å². The lowest BCUT2D eigenvalue weighted by atomic mass is 10.1. The van der Waals surface area contributed by atoms with E-state index >= 15 is 0 Å². The number of anilines is 3. The number of hydrogen-bond acceptors (Lipinski definition) is 5. The van der Waals surface area contributed by atoms with E-state index in [9.17, 15) is 13.2 Å². The van der Waals surface area contributed by atoms with Gasteiger partial charge in [0.05, 0.1) is 30.7 Å². The maximum atomic E-state index is 13.0. The standard InChI is InChI=1S/C23H20F3N5O/c24-23(25,26)17-2-1-3-18(14-17)29-21-22-28-15-20(31(22)9-8-27-21)16-4-6-19(7-5-16)30-10-12-32-13-11-30/h1-9,14-15H,10-13H2,(H,27,29). The summed E-state index contributed by atoms with van der Waals surface area (Å²) in [5.41, 5.74) is 3.07. The third-order valence-corrected chi connectivity index (χ3v) is 5.42. The van der Waals surface area contributed by atoms with Crippen molar-refractivity contribution >= 4 is 22.8 Å². The molecule has 9 heteroatoms. The number of aromatic nitrogens is 3. The molecule has 3 heterocycles. The van der Waals surface area contributed by atoms with Crippen LogP contribution in [0.15, 0.2) is 67.1 Å². The second kappa shape index (κ2) is 8.16. The van der Waals surface area contributed by atoms with Gasteiger partial charge in [0.25, 0.3) is 0 Å². The fourth-order valence-corrected chi connectivity index (χ4v) is 3.80. The van der Waals surface area contributed by atoms with E-state index in [1.165, 1.54) is 6.07 Å². The molecule has 0 bridgehead atoms. The molecule has 2 aromatic heterocycles. The molecule has 32 heavy (non-hydrogen) atoms. The molecule has 0 spiro atoms. The van der Waals surface area contributed by atoms with Gasteiger partial charge in [-0.05, 0) is 30.3 Å². The molecule has 0 atom stereocenters. The molecule has 164 valence electrons. The molecule has 0 saturated carbocycles. The summed E-state index contributed by atoms with van der Waals surface area (Å²) in [4.78, 5) is 11.0. The number of alkyl halides is 3. The molecule has 4 aromatic rings. The highest BCUT2D eigenvalue weighted by molar-refractivity contribution is 5.75. The van der Waals surface area contributed by atoms with Crippen LogP contribution >= 0.6 is 0 Å². The van der Waals surface area contributed by atoms with Gasteiger partial charge in [-0.15, -0.1) is 0 Å². The third-order valence-electron chi connectivity index (χ3n) is 5.42. The highest BCUT2D eigenvalue weighted by atomic mass is 19.4. The van der Waals surface area contributed by atoms with Crippen molar-refractivity contribution in [3.05, 3.63) is 72.7 Å². The number of rotatable bonds is 4. The summed E-state index contributed by atoms with van der Waals surface area (Å²) >= 11 is 0. The van der Waals surface area contributed by atoms with E-state index in [1.54, 1.807) is 24.7 Å². The lowest BCUT2D eigenvalue weighted by Crippen LogP contribution is -2.36. The number of benzene rings is 2. The van der Waals surface area contributed by atoms with Gasteiger partial charge in [0.1, 0.15) is 0 Å². The minimum atomic E-state index is -4.41. The Morgan fingerprint density at radius 1 is 0.969 bits per heavy atom. The first-order valence-corrected chi connectivity index (χ1v) is 10.2. The molecular formula is C23H20F3N5O. The first-order chi connectivity index (χ1) is 15.5. The largest absolute Gasteiger partial charge is 0.416 e. The van der Waals surface area contributed by atoms with Crippen LogP contribution in [0.1, 0.15) is 5.56 Å². The monoisotopic (exact) mass is 439 g/mol. The summed E-state index contributed by atoms with van der Waals surface area (Å²) < 4.78 is 46.4. The van der Waals surface area contributed by atoms with Crippen LogP contribution in [0.4, 0.5) is 30.4 Å². The number of ether oxygens (including phenoxy) is 1. The van der Waals surface area contributed by atoms with Gasteiger partial charge in [-0.2, -0.15) is 13.2 Å². The normalized spacial score (nSPS) is 14.7. The zero-order valence-electron chi connectivity index (χ0n) is 17.0. The van der Waals surface area contributed by atoms with Crippen molar-refractivity contribution in [1.29, 1.82) is 0 Å². The summed E-state index contributed by atoms with van der Waals surface area (Å²) in [5, 5.41) is 2.96. The van der Waals surface area contributed by atoms with Gasteiger partial charge in [-0.1, -0.05) is 18.2 Å². The number of halogens is 3. The smallest absolute Gasteiger partial charge is 0.378 e. The fraction of sp³-hybridized carbons (Fsp3) is 0.217. The van der Waals surface area contributed by atoms with E-state index in [-0.39, 0.29) is 0 Å². The lowest BCUT2D eigenvalue weighted by Gasteiger charge is -2.28. The molecule has 1 fully saturated rings. The second-order valence-corrected chi connectivity index (χ2v) is 7.46. The Morgan fingerprint density at radius 3 is 2.50 bits per heavy atom. The summed E-state index contributed by atoms with van der Waals surface area (Å²) in [5.74, 6) is 0.378. The van der Waals surface area contributed by atoms with Gasteiger partial charge in [-0.25, -0.2) is 9.97 Å². The topological polar surface area (TPSA) is 54.7 Å². The molecule has 2 aromatic carbocycles. The van der Waals surface area contributed by atoms with E-state index in [1.807, 2.05) is 16.5 Å². The van der Waals surface area contributed by atoms with E-state index in [0.717, 1.165) is 55.4 Å². The number of nitrogens with one attached hydrogen (secondary N) is 1. The molecule has 0 radical (unpaired) electrons. The first-order valence-electron chi connectivity index (χ1n) is 10.2. The maximum Gasteiger partial charge on any atom is 0.416 e. The van der Waals surface area contributed by atoms with Crippen LogP contribution < -0.4 is 10.2 Å². The summed E-state index contributed by atoms with van der Waals surface area (Å²) in [7, 11) is 0. The van der Waals surface area contributed by atoms with Crippen LogP contribution in [-0.2, 0) is 10.9 Å². The van der Waals surface area contributed by atoms with Crippen LogP contribution in [0.2, 0.25) is 0 Å². The Morgan fingerprint density at radius 2 is 1.75 bits per heavy atom. The van der Waals surface area contributed by atoms with Gasteiger partial charge in [0, 0.05) is 42.4 Å². The Hall–Kier alpha value is -3.59. The number of morpholine rings is 1. The molecule has 0 unspecified atom stereocenters. The van der Waals surface area contributed by atoms with Crippen LogP contribution in [-0.4, -0.2) is 40.7 Å². The van der Waals surface area contributed by atoms with Gasteiger partial charge < -0.3 is 15.0 Å². The maximum absolute atomic E-state index is 13.0. The third kappa shape index (κ3) is 3.99. The molecule has 1 N–H and O–H groups in total. The minimum Gasteiger partial charge on any atom is -0.378 e. The Bertz CT molecular complexity index is 1230. The molecule has 5 rings (SSSR count). The highest BCUT2D eigenvalue weighted by Crippen LogP contribution is 2.32. The molecule has 1 aliphatic heterocycles. The van der Waals surface area contributed by atoms with Gasteiger partial charge in [-0.3, -0.25) is 4.40 Å². The van der Waals surface area contributed by atoms with Gasteiger partial charge in [0.15, 0.2) is 11.5 Å². The predicted octanol–water partition coefficient (Wildman–Crippen LogP) is 5.00. The van der Waals surface area contributed by atoms with Crippen molar-refractivity contribution in [3.63, 3.8) is 0 Å². The average Bonchev–Trinajstić information content (AvgIpc) is 3.25. The molecule has 0 aliphatic carbocycles. The Balaban J connectivity index is 1.43. The van der Waals surface area contributed by atoms with E-state index in [4.69, 9.17) is 4.74 Å².